The second-order valence-electron chi connectivity index (χ2n) is 6.90. The summed E-state index contributed by atoms with van der Waals surface area (Å²) < 4.78 is 4.73. The molecular formula is C22H24N4O4. The summed E-state index contributed by atoms with van der Waals surface area (Å²) in [5, 5.41) is 3.37. The second-order valence-corrected chi connectivity index (χ2v) is 6.90. The number of rotatable bonds is 7. The van der Waals surface area contributed by atoms with Gasteiger partial charge >= 0.3 is 5.97 Å². The van der Waals surface area contributed by atoms with Crippen LogP contribution in [-0.4, -0.2) is 46.9 Å². The fourth-order valence-electron chi connectivity index (χ4n) is 3.10. The molecular weight excluding hydrogens is 384 g/mol. The van der Waals surface area contributed by atoms with Crippen LogP contribution in [0.1, 0.15) is 28.7 Å². The number of aromatic nitrogens is 2. The molecule has 8 nitrogen and oxygen atoms in total. The summed E-state index contributed by atoms with van der Waals surface area (Å²) >= 11 is 0. The van der Waals surface area contributed by atoms with Gasteiger partial charge in [0.1, 0.15) is 5.82 Å². The highest BCUT2D eigenvalue weighted by atomic mass is 16.5. The van der Waals surface area contributed by atoms with E-state index >= 15 is 0 Å². The van der Waals surface area contributed by atoms with Crippen molar-refractivity contribution in [1.82, 2.24) is 14.9 Å². The normalized spacial score (nSPS) is 10.9. The van der Waals surface area contributed by atoms with Crippen molar-refractivity contribution in [2.75, 3.05) is 25.5 Å². The largest absolute Gasteiger partial charge is 0.465 e. The van der Waals surface area contributed by atoms with Crippen molar-refractivity contribution < 1.29 is 14.3 Å². The number of amides is 1. The fraction of sp³-hybridized carbons (Fsp3) is 0.273. The van der Waals surface area contributed by atoms with Crippen LogP contribution in [0.3, 0.4) is 0 Å². The van der Waals surface area contributed by atoms with Crippen LogP contribution in [0.25, 0.3) is 10.9 Å². The van der Waals surface area contributed by atoms with E-state index in [1.807, 2.05) is 24.8 Å². The number of hydrogen-bond donors (Lipinski definition) is 2. The molecule has 0 spiro atoms. The van der Waals surface area contributed by atoms with Crippen molar-refractivity contribution in [1.29, 1.82) is 0 Å². The lowest BCUT2D eigenvalue weighted by Crippen LogP contribution is -2.34. The van der Waals surface area contributed by atoms with Gasteiger partial charge in [0, 0.05) is 5.69 Å². The molecule has 156 valence electrons. The number of ether oxygens (including phenoxy) is 1. The van der Waals surface area contributed by atoms with E-state index in [1.54, 1.807) is 36.4 Å². The number of nitrogens with zero attached hydrogens (tertiary/aromatic N) is 2. The molecule has 3 rings (SSSR count). The van der Waals surface area contributed by atoms with E-state index in [4.69, 9.17) is 4.74 Å². The topological polar surface area (TPSA) is 104 Å². The Balaban J connectivity index is 1.71. The zero-order chi connectivity index (χ0) is 21.7. The molecule has 0 aliphatic carbocycles. The van der Waals surface area contributed by atoms with Crippen molar-refractivity contribution in [3.63, 3.8) is 0 Å². The van der Waals surface area contributed by atoms with Crippen LogP contribution >= 0.6 is 0 Å². The van der Waals surface area contributed by atoms with Crippen LogP contribution in [0.5, 0.6) is 0 Å². The number of carbonyl (C=O) groups is 2. The molecule has 0 saturated carbocycles. The predicted molar refractivity (Wildman–Crippen MR) is 114 cm³/mol. The SMILES string of the molecule is CCN(CC(=O)Nc1cc(C(=O)OC)ccc1C)Cc1nc2ccccc2c(=O)[nH]1. The minimum absolute atomic E-state index is 0.106. The maximum atomic E-state index is 12.6. The van der Waals surface area contributed by atoms with Crippen molar-refractivity contribution in [2.24, 2.45) is 0 Å². The van der Waals surface area contributed by atoms with Crippen molar-refractivity contribution >= 4 is 28.5 Å². The lowest BCUT2D eigenvalue weighted by molar-refractivity contribution is -0.117. The zero-order valence-electron chi connectivity index (χ0n) is 17.2. The number of nitrogens with one attached hydrogen (secondary N) is 2. The molecule has 0 aliphatic rings. The van der Waals surface area contributed by atoms with Gasteiger partial charge < -0.3 is 15.0 Å². The molecule has 1 aromatic heterocycles. The summed E-state index contributed by atoms with van der Waals surface area (Å²) in [4.78, 5) is 45.7. The third kappa shape index (κ3) is 4.90. The highest BCUT2D eigenvalue weighted by molar-refractivity contribution is 5.96. The first-order valence-electron chi connectivity index (χ1n) is 9.60. The van der Waals surface area contributed by atoms with E-state index in [1.165, 1.54) is 7.11 Å². The Morgan fingerprint density at radius 1 is 1.20 bits per heavy atom. The van der Waals surface area contributed by atoms with E-state index in [-0.39, 0.29) is 18.0 Å². The Kier molecular flexibility index (Phi) is 6.58. The third-order valence-corrected chi connectivity index (χ3v) is 4.78. The average molecular weight is 408 g/mol. The first kappa shape index (κ1) is 21.2. The maximum Gasteiger partial charge on any atom is 0.337 e. The zero-order valence-corrected chi connectivity index (χ0v) is 17.2. The standard InChI is InChI=1S/C22H24N4O4/c1-4-26(12-19-23-17-8-6-5-7-16(17)21(28)25-19)13-20(27)24-18-11-15(22(29)30-3)10-9-14(18)2/h5-11H,4,12-13H2,1-3H3,(H,24,27)(H,23,25,28). The van der Waals surface area contributed by atoms with Gasteiger partial charge in [0.2, 0.25) is 5.91 Å². The average Bonchev–Trinajstić information content (AvgIpc) is 2.74. The highest BCUT2D eigenvalue weighted by Crippen LogP contribution is 2.18. The summed E-state index contributed by atoms with van der Waals surface area (Å²) in [6.45, 7) is 4.79. The van der Waals surface area contributed by atoms with Gasteiger partial charge in [-0.05, 0) is 43.3 Å². The number of benzene rings is 2. The molecule has 3 aromatic rings. The van der Waals surface area contributed by atoms with Crippen LogP contribution < -0.4 is 10.9 Å². The smallest absolute Gasteiger partial charge is 0.337 e. The van der Waals surface area contributed by atoms with Crippen LogP contribution in [0, 0.1) is 6.92 Å². The molecule has 0 fully saturated rings. The molecule has 0 unspecified atom stereocenters. The number of carbonyl (C=O) groups excluding carboxylic acids is 2. The summed E-state index contributed by atoms with van der Waals surface area (Å²) in [6, 6.07) is 12.1. The lowest BCUT2D eigenvalue weighted by atomic mass is 10.1. The number of aromatic amines is 1. The fourth-order valence-corrected chi connectivity index (χ4v) is 3.10. The third-order valence-electron chi connectivity index (χ3n) is 4.78. The molecule has 1 amide bonds. The molecule has 0 aliphatic heterocycles. The molecule has 30 heavy (non-hydrogen) atoms. The minimum atomic E-state index is -0.466. The number of likely N-dealkylation sites (N-methyl/N-ethyl adjacent to an activating group) is 1. The molecule has 8 heteroatoms. The first-order chi connectivity index (χ1) is 14.4. The van der Waals surface area contributed by atoms with Crippen molar-refractivity contribution in [2.45, 2.75) is 20.4 Å². The summed E-state index contributed by atoms with van der Waals surface area (Å²) in [6.07, 6.45) is 0. The van der Waals surface area contributed by atoms with Gasteiger partial charge in [0.05, 0.1) is 36.7 Å². The van der Waals surface area contributed by atoms with Crippen LogP contribution in [0.2, 0.25) is 0 Å². The van der Waals surface area contributed by atoms with Crippen molar-refractivity contribution in [3.8, 4) is 0 Å². The van der Waals surface area contributed by atoms with Gasteiger partial charge in [-0.25, -0.2) is 9.78 Å². The molecule has 0 saturated heterocycles. The lowest BCUT2D eigenvalue weighted by Gasteiger charge is -2.20. The quantitative estimate of drug-likeness (QED) is 0.582. The molecule has 0 bridgehead atoms. The number of para-hydroxylation sites is 1. The Morgan fingerprint density at radius 3 is 2.70 bits per heavy atom. The number of fused-ring (bicyclic) bond motifs is 1. The van der Waals surface area contributed by atoms with Gasteiger partial charge in [-0.2, -0.15) is 0 Å². The Bertz CT molecular complexity index is 1140. The van der Waals surface area contributed by atoms with Crippen molar-refractivity contribution in [3.05, 3.63) is 69.8 Å². The first-order valence-corrected chi connectivity index (χ1v) is 9.60. The second kappa shape index (κ2) is 9.32. The molecule has 0 radical (unpaired) electrons. The maximum absolute atomic E-state index is 12.6. The van der Waals surface area contributed by atoms with Gasteiger partial charge in [-0.15, -0.1) is 0 Å². The summed E-state index contributed by atoms with van der Waals surface area (Å²) in [5.74, 6) is -0.200. The van der Waals surface area contributed by atoms with E-state index in [0.717, 1.165) is 5.56 Å². The monoisotopic (exact) mass is 408 g/mol. The highest BCUT2D eigenvalue weighted by Gasteiger charge is 2.14. The van der Waals surface area contributed by atoms with Crippen LogP contribution in [0.15, 0.2) is 47.3 Å². The number of hydrogen-bond acceptors (Lipinski definition) is 6. The minimum Gasteiger partial charge on any atom is -0.465 e. The van der Waals surface area contributed by atoms with Gasteiger partial charge in [-0.3, -0.25) is 14.5 Å². The number of H-pyrrole nitrogens is 1. The predicted octanol–water partition coefficient (Wildman–Crippen LogP) is 2.48. The van der Waals surface area contributed by atoms with E-state index in [0.29, 0.717) is 41.1 Å². The van der Waals surface area contributed by atoms with Gasteiger partial charge in [-0.1, -0.05) is 25.1 Å². The summed E-state index contributed by atoms with van der Waals surface area (Å²) in [5.41, 5.74) is 2.16. The molecule has 2 aromatic carbocycles. The number of aryl methyl sites for hydroxylation is 1. The van der Waals surface area contributed by atoms with Gasteiger partial charge in [0.25, 0.3) is 5.56 Å². The molecule has 2 N–H and O–H groups in total. The van der Waals surface area contributed by atoms with E-state index in [2.05, 4.69) is 15.3 Å². The Labute approximate surface area is 173 Å². The Morgan fingerprint density at radius 2 is 1.97 bits per heavy atom. The number of methoxy groups -OCH3 is 1. The van der Waals surface area contributed by atoms with Gasteiger partial charge in [0.15, 0.2) is 0 Å². The number of anilines is 1. The summed E-state index contributed by atoms with van der Waals surface area (Å²) in [7, 11) is 1.31. The van der Waals surface area contributed by atoms with E-state index < -0.39 is 5.97 Å². The Hall–Kier alpha value is -3.52. The molecule has 0 atom stereocenters. The van der Waals surface area contributed by atoms with Crippen LogP contribution in [-0.2, 0) is 16.1 Å². The van der Waals surface area contributed by atoms with E-state index in [9.17, 15) is 14.4 Å². The molecule has 1 heterocycles. The van der Waals surface area contributed by atoms with Crippen LogP contribution in [0.4, 0.5) is 5.69 Å². The number of esters is 1.